The fraction of sp³-hybridized carbons (Fsp3) is 0.571. The van der Waals surface area contributed by atoms with Crippen LogP contribution >= 0.6 is 0 Å². The topological polar surface area (TPSA) is 58.7 Å². The van der Waals surface area contributed by atoms with Gasteiger partial charge in [0.25, 0.3) is 0 Å². The molecule has 0 radical (unpaired) electrons. The van der Waals surface area contributed by atoms with E-state index >= 15 is 0 Å². The summed E-state index contributed by atoms with van der Waals surface area (Å²) in [4.78, 5) is 2.13. The zero-order chi connectivity index (χ0) is 13.4. The molecule has 0 bridgehead atoms. The molecule has 0 atom stereocenters. The van der Waals surface area contributed by atoms with Crippen molar-refractivity contribution >= 4 is 11.4 Å². The molecule has 1 aromatic rings. The molecule has 0 saturated heterocycles. The number of unbranched alkanes of at least 4 members (excludes halogenated alkanes) is 2. The lowest BCUT2D eigenvalue weighted by molar-refractivity contribution is 0.283. The summed E-state index contributed by atoms with van der Waals surface area (Å²) in [6.07, 6.45) is 2.95. The minimum atomic E-state index is 0.270. The van der Waals surface area contributed by atoms with Gasteiger partial charge in [0.15, 0.2) is 0 Å². The first-order valence-corrected chi connectivity index (χ1v) is 6.54. The average molecular weight is 252 g/mol. The molecule has 18 heavy (non-hydrogen) atoms. The van der Waals surface area contributed by atoms with Gasteiger partial charge in [-0.05, 0) is 38.3 Å². The van der Waals surface area contributed by atoms with Crippen molar-refractivity contribution in [2.24, 2.45) is 0 Å². The summed E-state index contributed by atoms with van der Waals surface area (Å²) in [7, 11) is 2.03. The molecule has 0 spiro atoms. The van der Waals surface area contributed by atoms with Crippen LogP contribution in [0.15, 0.2) is 18.2 Å². The summed E-state index contributed by atoms with van der Waals surface area (Å²) in [5, 5.41) is 8.74. The van der Waals surface area contributed by atoms with Gasteiger partial charge in [-0.25, -0.2) is 0 Å². The van der Waals surface area contributed by atoms with Gasteiger partial charge in [0.05, 0.1) is 18.0 Å². The largest absolute Gasteiger partial charge is 0.492 e. The molecule has 0 aromatic heterocycles. The first-order chi connectivity index (χ1) is 8.70. The van der Waals surface area contributed by atoms with E-state index in [9.17, 15) is 0 Å². The fourth-order valence-electron chi connectivity index (χ4n) is 1.90. The van der Waals surface area contributed by atoms with Crippen LogP contribution in [-0.4, -0.2) is 31.9 Å². The number of aliphatic hydroxyl groups excluding tert-OH is 1. The molecule has 0 fully saturated rings. The number of anilines is 2. The molecule has 0 aliphatic carbocycles. The first kappa shape index (κ1) is 14.6. The maximum Gasteiger partial charge on any atom is 0.144 e. The van der Waals surface area contributed by atoms with Crippen molar-refractivity contribution in [3.63, 3.8) is 0 Å². The molecular weight excluding hydrogens is 228 g/mol. The zero-order valence-electron chi connectivity index (χ0n) is 11.4. The highest BCUT2D eigenvalue weighted by Gasteiger charge is 2.09. The first-order valence-electron chi connectivity index (χ1n) is 6.54. The quantitative estimate of drug-likeness (QED) is 0.550. The van der Waals surface area contributed by atoms with E-state index in [0.29, 0.717) is 12.3 Å². The predicted octanol–water partition coefficient (Wildman–Crippen LogP) is 2.27. The molecule has 4 heteroatoms. The third-order valence-electron chi connectivity index (χ3n) is 2.91. The molecule has 102 valence electrons. The highest BCUT2D eigenvalue weighted by Crippen LogP contribution is 2.31. The third-order valence-corrected chi connectivity index (χ3v) is 2.91. The normalized spacial score (nSPS) is 10.4. The van der Waals surface area contributed by atoms with Crippen molar-refractivity contribution in [3.05, 3.63) is 18.2 Å². The summed E-state index contributed by atoms with van der Waals surface area (Å²) in [6, 6.07) is 5.85. The van der Waals surface area contributed by atoms with Gasteiger partial charge in [-0.3, -0.25) is 0 Å². The van der Waals surface area contributed by atoms with Gasteiger partial charge in [0.2, 0.25) is 0 Å². The number of nitrogens with two attached hydrogens (primary N) is 1. The summed E-state index contributed by atoms with van der Waals surface area (Å²) < 4.78 is 5.49. The van der Waals surface area contributed by atoms with Crippen LogP contribution in [0.1, 0.15) is 26.2 Å². The highest BCUT2D eigenvalue weighted by molar-refractivity contribution is 5.73. The Bertz CT molecular complexity index is 356. The third kappa shape index (κ3) is 4.11. The number of ether oxygens (including phenoxy) is 1. The molecule has 0 heterocycles. The van der Waals surface area contributed by atoms with Crippen LogP contribution in [0.3, 0.4) is 0 Å². The predicted molar refractivity (Wildman–Crippen MR) is 76.2 cm³/mol. The Kier molecular flexibility index (Phi) is 6.36. The molecule has 0 saturated carbocycles. The highest BCUT2D eigenvalue weighted by atomic mass is 16.5. The van der Waals surface area contributed by atoms with E-state index in [4.69, 9.17) is 15.6 Å². The SMILES string of the molecule is CCOc1cccc(N(C)CCCCCO)c1N. The maximum atomic E-state index is 8.74. The van der Waals surface area contributed by atoms with E-state index in [1.807, 2.05) is 32.2 Å². The van der Waals surface area contributed by atoms with Crippen LogP contribution in [0, 0.1) is 0 Å². The molecule has 0 aliphatic rings. The van der Waals surface area contributed by atoms with E-state index in [0.717, 1.165) is 37.2 Å². The van der Waals surface area contributed by atoms with Crippen molar-refractivity contribution < 1.29 is 9.84 Å². The van der Waals surface area contributed by atoms with Crippen LogP contribution in [0.5, 0.6) is 5.75 Å². The molecule has 3 N–H and O–H groups in total. The lowest BCUT2D eigenvalue weighted by Gasteiger charge is -2.22. The number of hydrogen-bond donors (Lipinski definition) is 2. The second kappa shape index (κ2) is 7.82. The smallest absolute Gasteiger partial charge is 0.144 e. The summed E-state index contributed by atoms with van der Waals surface area (Å²) >= 11 is 0. The van der Waals surface area contributed by atoms with E-state index < -0.39 is 0 Å². The fourth-order valence-corrected chi connectivity index (χ4v) is 1.90. The van der Waals surface area contributed by atoms with Crippen LogP contribution in [0.25, 0.3) is 0 Å². The van der Waals surface area contributed by atoms with Gasteiger partial charge in [-0.2, -0.15) is 0 Å². The van der Waals surface area contributed by atoms with E-state index in [2.05, 4.69) is 4.90 Å². The summed E-state index contributed by atoms with van der Waals surface area (Å²) in [5.74, 6) is 0.747. The monoisotopic (exact) mass is 252 g/mol. The molecule has 0 amide bonds. The Balaban J connectivity index is 2.61. The summed E-state index contributed by atoms with van der Waals surface area (Å²) in [5.41, 5.74) is 7.80. The van der Waals surface area contributed by atoms with Crippen molar-refractivity contribution in [1.82, 2.24) is 0 Å². The number of hydrogen-bond acceptors (Lipinski definition) is 4. The second-order valence-corrected chi connectivity index (χ2v) is 4.33. The van der Waals surface area contributed by atoms with Gasteiger partial charge < -0.3 is 20.5 Å². The van der Waals surface area contributed by atoms with Crippen molar-refractivity contribution in [2.75, 3.05) is 37.4 Å². The Morgan fingerprint density at radius 1 is 1.28 bits per heavy atom. The van der Waals surface area contributed by atoms with Gasteiger partial charge >= 0.3 is 0 Å². The van der Waals surface area contributed by atoms with Crippen molar-refractivity contribution in [3.8, 4) is 5.75 Å². The number of nitrogens with zero attached hydrogens (tertiary/aromatic N) is 1. The minimum absolute atomic E-state index is 0.270. The Morgan fingerprint density at radius 2 is 2.06 bits per heavy atom. The minimum Gasteiger partial charge on any atom is -0.492 e. The van der Waals surface area contributed by atoms with Gasteiger partial charge in [-0.1, -0.05) is 6.07 Å². The molecule has 0 aliphatic heterocycles. The Morgan fingerprint density at radius 3 is 2.72 bits per heavy atom. The van der Waals surface area contributed by atoms with Crippen molar-refractivity contribution in [2.45, 2.75) is 26.2 Å². The van der Waals surface area contributed by atoms with Crippen LogP contribution < -0.4 is 15.4 Å². The lowest BCUT2D eigenvalue weighted by atomic mass is 10.2. The summed E-state index contributed by atoms with van der Waals surface area (Å²) in [6.45, 7) is 3.77. The number of aliphatic hydroxyl groups is 1. The van der Waals surface area contributed by atoms with E-state index in [1.165, 1.54) is 0 Å². The molecule has 1 aromatic carbocycles. The standard InChI is InChI=1S/C14H24N2O2/c1-3-18-13-9-7-8-12(14(13)15)16(2)10-5-4-6-11-17/h7-9,17H,3-6,10-11,15H2,1-2H3. The molecular formula is C14H24N2O2. The number of para-hydroxylation sites is 1. The number of nitrogen functional groups attached to an aromatic ring is 1. The van der Waals surface area contributed by atoms with Gasteiger partial charge in [0.1, 0.15) is 5.75 Å². The number of rotatable bonds is 8. The molecule has 0 unspecified atom stereocenters. The Hall–Kier alpha value is -1.42. The van der Waals surface area contributed by atoms with Crippen molar-refractivity contribution in [1.29, 1.82) is 0 Å². The molecule has 1 rings (SSSR count). The number of benzene rings is 1. The molecule has 4 nitrogen and oxygen atoms in total. The second-order valence-electron chi connectivity index (χ2n) is 4.33. The van der Waals surface area contributed by atoms with E-state index in [1.54, 1.807) is 0 Å². The van der Waals surface area contributed by atoms with Gasteiger partial charge in [-0.15, -0.1) is 0 Å². The lowest BCUT2D eigenvalue weighted by Crippen LogP contribution is -2.20. The van der Waals surface area contributed by atoms with Gasteiger partial charge in [0, 0.05) is 20.2 Å². The van der Waals surface area contributed by atoms with E-state index in [-0.39, 0.29) is 6.61 Å². The maximum absolute atomic E-state index is 8.74. The van der Waals surface area contributed by atoms with Crippen LogP contribution in [-0.2, 0) is 0 Å². The van der Waals surface area contributed by atoms with Crippen LogP contribution in [0.4, 0.5) is 11.4 Å². The Labute approximate surface area is 109 Å². The van der Waals surface area contributed by atoms with Crippen LogP contribution in [0.2, 0.25) is 0 Å². The average Bonchev–Trinajstić information content (AvgIpc) is 2.37. The zero-order valence-corrected chi connectivity index (χ0v) is 11.4.